The molecule has 0 bridgehead atoms. The van der Waals surface area contributed by atoms with E-state index in [9.17, 15) is 31.2 Å². The minimum atomic E-state index is -4.66. The maximum absolute atomic E-state index is 13.9. The van der Waals surface area contributed by atoms with Gasteiger partial charge in [-0.05, 0) is 53.8 Å². The highest BCUT2D eigenvalue weighted by Crippen LogP contribution is 2.32. The zero-order valence-electron chi connectivity index (χ0n) is 25.2. The maximum Gasteiger partial charge on any atom is 0.416 e. The van der Waals surface area contributed by atoms with Crippen molar-refractivity contribution in [1.29, 1.82) is 0 Å². The number of nitrogens with zero attached hydrogens (tertiary/aromatic N) is 2. The lowest BCUT2D eigenvalue weighted by Gasteiger charge is -2.32. The molecule has 0 saturated heterocycles. The Labute approximate surface area is 272 Å². The zero-order valence-corrected chi connectivity index (χ0v) is 27.5. The smallest absolute Gasteiger partial charge is 0.354 e. The molecule has 3 aromatic carbocycles. The van der Waals surface area contributed by atoms with Crippen LogP contribution in [0, 0.1) is 5.92 Å². The number of anilines is 1. The van der Waals surface area contributed by atoms with Gasteiger partial charge in [-0.15, -0.1) is 0 Å². The lowest BCUT2D eigenvalue weighted by atomic mass is 10.0. The minimum absolute atomic E-state index is 0.00569. The molecule has 0 aromatic heterocycles. The first kappa shape index (κ1) is 36.2. The van der Waals surface area contributed by atoms with Crippen molar-refractivity contribution in [1.82, 2.24) is 10.2 Å². The van der Waals surface area contributed by atoms with E-state index in [1.54, 1.807) is 18.2 Å². The van der Waals surface area contributed by atoms with E-state index in [2.05, 4.69) is 5.32 Å². The number of alkyl halides is 3. The number of carbonyl (C=O) groups excluding carboxylic acids is 2. The largest absolute Gasteiger partial charge is 0.416 e. The standard InChI is InChI=1S/C32H36Cl2F3N3O4S/c1-22(2)20-38-31(42)29(18-23-9-5-4-6-10-23)39(21-24-14-15-27(33)28(34)17-24)30(41)13-8-16-40(45(3,43)44)26-12-7-11-25(19-26)32(35,36)37/h4-7,9-12,14-15,17,19,22,29H,8,13,16,18,20-21H2,1-3H3,(H,38,42). The molecule has 7 nitrogen and oxygen atoms in total. The van der Waals surface area contributed by atoms with E-state index in [4.69, 9.17) is 23.2 Å². The topological polar surface area (TPSA) is 86.8 Å². The second kappa shape index (κ2) is 15.8. The van der Waals surface area contributed by atoms with Crippen LogP contribution in [0.15, 0.2) is 72.8 Å². The van der Waals surface area contributed by atoms with Crippen LogP contribution in [-0.4, -0.2) is 50.5 Å². The van der Waals surface area contributed by atoms with Crippen LogP contribution < -0.4 is 9.62 Å². The van der Waals surface area contributed by atoms with E-state index in [1.807, 2.05) is 44.2 Å². The molecule has 0 heterocycles. The van der Waals surface area contributed by atoms with Crippen LogP contribution in [0.3, 0.4) is 0 Å². The maximum atomic E-state index is 13.9. The lowest BCUT2D eigenvalue weighted by Crippen LogP contribution is -2.51. The predicted octanol–water partition coefficient (Wildman–Crippen LogP) is 6.97. The molecule has 0 spiro atoms. The third-order valence-corrected chi connectivity index (χ3v) is 8.84. The molecule has 1 unspecified atom stereocenters. The molecule has 0 aliphatic heterocycles. The molecule has 0 saturated carbocycles. The highest BCUT2D eigenvalue weighted by atomic mass is 35.5. The van der Waals surface area contributed by atoms with Gasteiger partial charge >= 0.3 is 6.18 Å². The molecule has 3 rings (SSSR count). The summed E-state index contributed by atoms with van der Waals surface area (Å²) in [6.45, 7) is 4.03. The van der Waals surface area contributed by atoms with Gasteiger partial charge in [0.15, 0.2) is 0 Å². The molecule has 1 atom stereocenters. The fourth-order valence-corrected chi connectivity index (χ4v) is 5.93. The van der Waals surface area contributed by atoms with Crippen molar-refractivity contribution >= 4 is 50.7 Å². The molecule has 13 heteroatoms. The van der Waals surface area contributed by atoms with Gasteiger partial charge in [0.1, 0.15) is 6.04 Å². The minimum Gasteiger partial charge on any atom is -0.354 e. The Kier molecular flexibility index (Phi) is 12.7. The van der Waals surface area contributed by atoms with E-state index in [-0.39, 0.29) is 54.9 Å². The summed E-state index contributed by atoms with van der Waals surface area (Å²) in [4.78, 5) is 28.9. The van der Waals surface area contributed by atoms with Crippen molar-refractivity contribution in [3.63, 3.8) is 0 Å². The van der Waals surface area contributed by atoms with Gasteiger partial charge in [0.05, 0.1) is 27.6 Å². The third kappa shape index (κ3) is 10.9. The molecule has 1 N–H and O–H groups in total. The van der Waals surface area contributed by atoms with Gasteiger partial charge in [-0.1, -0.05) is 79.5 Å². The summed E-state index contributed by atoms with van der Waals surface area (Å²) < 4.78 is 66.0. The van der Waals surface area contributed by atoms with Gasteiger partial charge in [-0.2, -0.15) is 13.2 Å². The van der Waals surface area contributed by atoms with Gasteiger partial charge in [-0.3, -0.25) is 13.9 Å². The molecule has 45 heavy (non-hydrogen) atoms. The monoisotopic (exact) mass is 685 g/mol. The Morgan fingerprint density at radius 2 is 1.60 bits per heavy atom. The highest BCUT2D eigenvalue weighted by Gasteiger charge is 2.33. The number of rotatable bonds is 14. The molecule has 0 fully saturated rings. The van der Waals surface area contributed by atoms with Crippen LogP contribution in [-0.2, 0) is 38.8 Å². The van der Waals surface area contributed by atoms with Crippen LogP contribution in [0.25, 0.3) is 0 Å². The normalized spacial score (nSPS) is 12.6. The van der Waals surface area contributed by atoms with Crippen LogP contribution in [0.2, 0.25) is 10.0 Å². The summed E-state index contributed by atoms with van der Waals surface area (Å²) in [5, 5.41) is 3.51. The average molecular weight is 687 g/mol. The summed E-state index contributed by atoms with van der Waals surface area (Å²) in [5.41, 5.74) is 0.285. The second-order valence-corrected chi connectivity index (χ2v) is 13.8. The number of hydrogen-bond acceptors (Lipinski definition) is 4. The van der Waals surface area contributed by atoms with Crippen molar-refractivity contribution in [2.75, 3.05) is 23.7 Å². The average Bonchev–Trinajstić information content (AvgIpc) is 2.97. The van der Waals surface area contributed by atoms with Crippen LogP contribution in [0.4, 0.5) is 18.9 Å². The van der Waals surface area contributed by atoms with E-state index in [0.29, 0.717) is 17.1 Å². The molecule has 0 aliphatic carbocycles. The van der Waals surface area contributed by atoms with E-state index >= 15 is 0 Å². The number of halogens is 5. The summed E-state index contributed by atoms with van der Waals surface area (Å²) in [6.07, 6.45) is -3.77. The number of sulfonamides is 1. The van der Waals surface area contributed by atoms with Crippen molar-refractivity contribution < 1.29 is 31.2 Å². The fourth-order valence-electron chi connectivity index (χ4n) is 4.65. The van der Waals surface area contributed by atoms with Crippen molar-refractivity contribution in [2.24, 2.45) is 5.92 Å². The molecule has 0 radical (unpaired) electrons. The van der Waals surface area contributed by atoms with Gasteiger partial charge in [0.2, 0.25) is 21.8 Å². The summed E-state index contributed by atoms with van der Waals surface area (Å²) in [6, 6.07) is 17.2. The van der Waals surface area contributed by atoms with E-state index in [1.165, 1.54) is 11.0 Å². The number of amides is 2. The lowest BCUT2D eigenvalue weighted by molar-refractivity contribution is -0.141. The Hall–Kier alpha value is -3.28. The predicted molar refractivity (Wildman–Crippen MR) is 172 cm³/mol. The summed E-state index contributed by atoms with van der Waals surface area (Å²) >= 11 is 12.3. The Balaban J connectivity index is 1.92. The molecular weight excluding hydrogens is 650 g/mol. The Morgan fingerprint density at radius 1 is 0.911 bits per heavy atom. The molecule has 0 aliphatic rings. The van der Waals surface area contributed by atoms with Gasteiger partial charge in [0, 0.05) is 32.5 Å². The molecule has 3 aromatic rings. The first-order valence-electron chi connectivity index (χ1n) is 14.3. The molecule has 2 amide bonds. The third-order valence-electron chi connectivity index (χ3n) is 6.91. The van der Waals surface area contributed by atoms with Crippen molar-refractivity contribution in [3.05, 3.63) is 99.5 Å². The Morgan fingerprint density at radius 3 is 2.20 bits per heavy atom. The quantitative estimate of drug-likeness (QED) is 0.199. The SMILES string of the molecule is CC(C)CNC(=O)C(Cc1ccccc1)N(Cc1ccc(Cl)c(Cl)c1)C(=O)CCCN(c1cccc(C(F)(F)F)c1)S(C)(=O)=O. The fraction of sp³-hybridized carbons (Fsp3) is 0.375. The molecule has 244 valence electrons. The van der Waals surface area contributed by atoms with Crippen LogP contribution in [0.1, 0.15) is 43.4 Å². The second-order valence-electron chi connectivity index (χ2n) is 11.1. The molecular formula is C32H36Cl2F3N3O4S. The Bertz CT molecular complexity index is 1570. The number of nitrogens with one attached hydrogen (secondary N) is 1. The number of carbonyl (C=O) groups is 2. The van der Waals surface area contributed by atoms with E-state index in [0.717, 1.165) is 34.3 Å². The van der Waals surface area contributed by atoms with Gasteiger partial charge in [0.25, 0.3) is 0 Å². The van der Waals surface area contributed by atoms with Crippen LogP contribution in [0.5, 0.6) is 0 Å². The summed E-state index contributed by atoms with van der Waals surface area (Å²) in [5.74, 6) is -0.648. The van der Waals surface area contributed by atoms with Crippen molar-refractivity contribution in [2.45, 2.75) is 51.9 Å². The first-order chi connectivity index (χ1) is 21.1. The zero-order chi connectivity index (χ0) is 33.4. The number of benzene rings is 3. The highest BCUT2D eigenvalue weighted by molar-refractivity contribution is 7.92. The number of hydrogen-bond donors (Lipinski definition) is 1. The van der Waals surface area contributed by atoms with Crippen LogP contribution >= 0.6 is 23.2 Å². The van der Waals surface area contributed by atoms with Crippen molar-refractivity contribution in [3.8, 4) is 0 Å². The summed E-state index contributed by atoms with van der Waals surface area (Å²) in [7, 11) is -3.99. The first-order valence-corrected chi connectivity index (χ1v) is 16.9. The van der Waals surface area contributed by atoms with Gasteiger partial charge < -0.3 is 10.2 Å². The van der Waals surface area contributed by atoms with Gasteiger partial charge in [-0.25, -0.2) is 8.42 Å². The van der Waals surface area contributed by atoms with E-state index < -0.39 is 33.7 Å².